The molecule has 0 aliphatic heterocycles. The minimum Gasteiger partial charge on any atom is -0.407 e. The van der Waals surface area contributed by atoms with Crippen LogP contribution in [0.2, 0.25) is 0 Å². The van der Waals surface area contributed by atoms with Crippen LogP contribution < -0.4 is 5.63 Å². The third-order valence-corrected chi connectivity index (χ3v) is 4.51. The number of rotatable bonds is 11. The second kappa shape index (κ2) is 9.60. The number of nitro groups is 1. The third kappa shape index (κ3) is 5.85. The van der Waals surface area contributed by atoms with Crippen LogP contribution in [-0.4, -0.2) is 23.1 Å². The minimum atomic E-state index is -0.623. The lowest BCUT2D eigenvalue weighted by molar-refractivity contribution is -0.384. The van der Waals surface area contributed by atoms with Crippen LogP contribution >= 0.6 is 0 Å². The molecule has 0 atom stereocenters. The van der Waals surface area contributed by atoms with E-state index in [2.05, 4.69) is 11.9 Å². The summed E-state index contributed by atoms with van der Waals surface area (Å²) in [6.07, 6.45) is 7.19. The lowest BCUT2D eigenvalue weighted by Crippen LogP contribution is -2.27. The number of ether oxygens (including phenoxy) is 1. The highest BCUT2D eigenvalue weighted by Gasteiger charge is 2.27. The van der Waals surface area contributed by atoms with Crippen molar-refractivity contribution in [3.05, 3.63) is 44.6 Å². The van der Waals surface area contributed by atoms with E-state index in [1.807, 2.05) is 13.8 Å². The van der Waals surface area contributed by atoms with Crippen LogP contribution in [-0.2, 0) is 10.2 Å². The van der Waals surface area contributed by atoms with Gasteiger partial charge in [0, 0.05) is 18.7 Å². The second-order valence-corrected chi connectivity index (χ2v) is 7.47. The summed E-state index contributed by atoms with van der Waals surface area (Å²) in [7, 11) is 0. The Bertz CT molecular complexity index is 829. The van der Waals surface area contributed by atoms with Gasteiger partial charge in [0.05, 0.1) is 27.8 Å². The number of non-ortho nitro benzene ring substituents is 1. The van der Waals surface area contributed by atoms with Gasteiger partial charge in [-0.3, -0.25) is 10.1 Å². The Labute approximate surface area is 158 Å². The van der Waals surface area contributed by atoms with Crippen LogP contribution in [0, 0.1) is 10.1 Å². The molecule has 7 nitrogen and oxygen atoms in total. The molecule has 0 saturated carbocycles. The predicted molar refractivity (Wildman–Crippen MR) is 104 cm³/mol. The van der Waals surface area contributed by atoms with Crippen LogP contribution in [0.1, 0.15) is 65.2 Å². The van der Waals surface area contributed by atoms with Crippen LogP contribution in [0.4, 0.5) is 5.69 Å². The summed E-state index contributed by atoms with van der Waals surface area (Å²) in [5.41, 5.74) is -0.971. The SMILES string of the molecule is CCCCCCCCOCC(C)(C)c1nc2ccc([N+](=O)[O-])cc2c(=O)o1. The fourth-order valence-electron chi connectivity index (χ4n) is 2.84. The van der Waals surface area contributed by atoms with E-state index in [9.17, 15) is 14.9 Å². The first-order valence-corrected chi connectivity index (χ1v) is 9.52. The molecule has 0 spiro atoms. The van der Waals surface area contributed by atoms with Gasteiger partial charge in [-0.05, 0) is 26.3 Å². The molecular weight excluding hydrogens is 348 g/mol. The second-order valence-electron chi connectivity index (χ2n) is 7.47. The lowest BCUT2D eigenvalue weighted by atomic mass is 9.94. The van der Waals surface area contributed by atoms with Gasteiger partial charge in [0.25, 0.3) is 5.69 Å². The first-order valence-electron chi connectivity index (χ1n) is 9.52. The Kier molecular flexibility index (Phi) is 7.47. The van der Waals surface area contributed by atoms with E-state index in [-0.39, 0.29) is 17.0 Å². The molecule has 1 heterocycles. The van der Waals surface area contributed by atoms with Crippen molar-refractivity contribution in [2.24, 2.45) is 0 Å². The van der Waals surface area contributed by atoms with E-state index in [0.29, 0.717) is 18.7 Å². The van der Waals surface area contributed by atoms with Crippen molar-refractivity contribution in [2.75, 3.05) is 13.2 Å². The van der Waals surface area contributed by atoms with Gasteiger partial charge in [0.2, 0.25) is 5.89 Å². The quantitative estimate of drug-likeness (QED) is 0.319. The number of benzene rings is 1. The number of fused-ring (bicyclic) bond motifs is 1. The molecule has 0 aliphatic rings. The Morgan fingerprint density at radius 1 is 1.19 bits per heavy atom. The molecule has 0 aliphatic carbocycles. The molecule has 0 bridgehead atoms. The van der Waals surface area contributed by atoms with Gasteiger partial charge >= 0.3 is 5.63 Å². The molecule has 1 aromatic carbocycles. The summed E-state index contributed by atoms with van der Waals surface area (Å²) in [4.78, 5) is 27.0. The average molecular weight is 376 g/mol. The maximum atomic E-state index is 12.3. The van der Waals surface area contributed by atoms with Crippen LogP contribution in [0.3, 0.4) is 0 Å². The van der Waals surface area contributed by atoms with E-state index in [0.717, 1.165) is 12.8 Å². The summed E-state index contributed by atoms with van der Waals surface area (Å²) in [6, 6.07) is 4.00. The maximum absolute atomic E-state index is 12.3. The van der Waals surface area contributed by atoms with Crippen molar-refractivity contribution < 1.29 is 14.1 Å². The number of hydrogen-bond donors (Lipinski definition) is 0. The highest BCUT2D eigenvalue weighted by Crippen LogP contribution is 2.24. The number of nitro benzene ring substituents is 1. The standard InChI is InChI=1S/C20H28N2O5/c1-4-5-6-7-8-9-12-26-14-20(2,3)19-21-17-11-10-15(22(24)25)13-16(17)18(23)27-19/h10-11,13H,4-9,12,14H2,1-3H3. The van der Waals surface area contributed by atoms with Gasteiger partial charge in [-0.2, -0.15) is 0 Å². The highest BCUT2D eigenvalue weighted by atomic mass is 16.6. The molecule has 27 heavy (non-hydrogen) atoms. The molecule has 0 unspecified atom stereocenters. The zero-order chi connectivity index (χ0) is 19.9. The van der Waals surface area contributed by atoms with Crippen molar-refractivity contribution in [3.63, 3.8) is 0 Å². The van der Waals surface area contributed by atoms with Crippen LogP contribution in [0.25, 0.3) is 10.9 Å². The molecule has 1 aromatic heterocycles. The number of nitrogens with zero attached hydrogens (tertiary/aromatic N) is 2. The monoisotopic (exact) mass is 376 g/mol. The highest BCUT2D eigenvalue weighted by molar-refractivity contribution is 5.79. The average Bonchev–Trinajstić information content (AvgIpc) is 2.63. The molecule has 0 N–H and O–H groups in total. The largest absolute Gasteiger partial charge is 0.407 e. The van der Waals surface area contributed by atoms with Gasteiger partial charge in [-0.15, -0.1) is 0 Å². The first kappa shape index (κ1) is 21.0. The predicted octanol–water partition coefficient (Wildman–Crippen LogP) is 4.75. The lowest BCUT2D eigenvalue weighted by Gasteiger charge is -2.22. The Morgan fingerprint density at radius 3 is 2.59 bits per heavy atom. The van der Waals surface area contributed by atoms with Crippen molar-refractivity contribution in [1.29, 1.82) is 0 Å². The van der Waals surface area contributed by atoms with E-state index in [1.54, 1.807) is 0 Å². The molecule has 2 rings (SSSR count). The summed E-state index contributed by atoms with van der Waals surface area (Å²) in [5.74, 6) is 0.275. The van der Waals surface area contributed by atoms with Crippen LogP contribution in [0.5, 0.6) is 0 Å². The zero-order valence-corrected chi connectivity index (χ0v) is 16.3. The van der Waals surface area contributed by atoms with Crippen molar-refractivity contribution >= 4 is 16.6 Å². The normalized spacial score (nSPS) is 11.8. The Balaban J connectivity index is 1.99. The van der Waals surface area contributed by atoms with Crippen LogP contribution in [0.15, 0.2) is 27.4 Å². The first-order chi connectivity index (χ1) is 12.8. The maximum Gasteiger partial charge on any atom is 0.347 e. The van der Waals surface area contributed by atoms with Gasteiger partial charge < -0.3 is 9.15 Å². The fourth-order valence-corrected chi connectivity index (χ4v) is 2.84. The summed E-state index contributed by atoms with van der Waals surface area (Å²) in [5, 5.41) is 11.0. The van der Waals surface area contributed by atoms with E-state index >= 15 is 0 Å². The topological polar surface area (TPSA) is 95.5 Å². The number of hydrogen-bond acceptors (Lipinski definition) is 6. The molecule has 0 fully saturated rings. The summed E-state index contributed by atoms with van der Waals surface area (Å²) < 4.78 is 11.1. The van der Waals surface area contributed by atoms with Gasteiger partial charge in [0.15, 0.2) is 0 Å². The van der Waals surface area contributed by atoms with E-state index in [1.165, 1.54) is 43.9 Å². The third-order valence-electron chi connectivity index (χ3n) is 4.51. The molecule has 148 valence electrons. The Hall–Kier alpha value is -2.28. The van der Waals surface area contributed by atoms with Gasteiger partial charge in [-0.1, -0.05) is 39.0 Å². The number of unbranched alkanes of at least 4 members (excludes halogenated alkanes) is 5. The van der Waals surface area contributed by atoms with Crippen molar-refractivity contribution in [2.45, 2.75) is 64.7 Å². The molecule has 0 saturated heterocycles. The number of aromatic nitrogens is 1. The molecular formula is C20H28N2O5. The smallest absolute Gasteiger partial charge is 0.347 e. The fraction of sp³-hybridized carbons (Fsp3) is 0.600. The minimum absolute atomic E-state index is 0.108. The van der Waals surface area contributed by atoms with Gasteiger partial charge in [-0.25, -0.2) is 9.78 Å². The molecule has 0 radical (unpaired) electrons. The summed E-state index contributed by atoms with van der Waals surface area (Å²) in [6.45, 7) is 7.05. The van der Waals surface area contributed by atoms with E-state index in [4.69, 9.17) is 9.15 Å². The van der Waals surface area contributed by atoms with Gasteiger partial charge in [0.1, 0.15) is 0 Å². The van der Waals surface area contributed by atoms with E-state index < -0.39 is 16.0 Å². The van der Waals surface area contributed by atoms with Crippen molar-refractivity contribution in [1.82, 2.24) is 4.98 Å². The molecule has 0 amide bonds. The zero-order valence-electron chi connectivity index (χ0n) is 16.3. The molecule has 7 heteroatoms. The Morgan fingerprint density at radius 2 is 1.89 bits per heavy atom. The van der Waals surface area contributed by atoms with Crippen molar-refractivity contribution in [3.8, 4) is 0 Å². The summed E-state index contributed by atoms with van der Waals surface area (Å²) >= 11 is 0. The molecule has 2 aromatic rings.